The van der Waals surface area contributed by atoms with E-state index in [0.29, 0.717) is 31.1 Å². The largest absolute Gasteiger partial charge is 0.490 e. The molecule has 1 saturated heterocycles. The lowest BCUT2D eigenvalue weighted by molar-refractivity contribution is 0.0625. The second kappa shape index (κ2) is 8.07. The van der Waals surface area contributed by atoms with Crippen LogP contribution < -0.4 is 4.74 Å². The van der Waals surface area contributed by atoms with Gasteiger partial charge in [0, 0.05) is 19.0 Å². The highest BCUT2D eigenvalue weighted by atomic mass is 19.1. The van der Waals surface area contributed by atoms with E-state index in [2.05, 4.69) is 4.98 Å². The van der Waals surface area contributed by atoms with Gasteiger partial charge in [-0.15, -0.1) is 0 Å². The van der Waals surface area contributed by atoms with Crippen LogP contribution in [-0.4, -0.2) is 40.6 Å². The predicted octanol–water partition coefficient (Wildman–Crippen LogP) is 2.64. The smallest absolute Gasteiger partial charge is 0.272 e. The second-order valence-corrected chi connectivity index (χ2v) is 6.17. The second-order valence-electron chi connectivity index (χ2n) is 6.17. The van der Waals surface area contributed by atoms with Crippen LogP contribution in [0.15, 0.2) is 42.5 Å². The number of hydrogen-bond donors (Lipinski definition) is 1. The molecule has 1 aromatic carbocycles. The fourth-order valence-corrected chi connectivity index (χ4v) is 3.00. The molecule has 0 bridgehead atoms. The summed E-state index contributed by atoms with van der Waals surface area (Å²) in [5, 5.41) is 9.16. The SMILES string of the molecule is O=C(c1cccc(CO)n1)N1CCC[C@@H](COc2ccccc2F)C1. The Hall–Kier alpha value is -2.47. The quantitative estimate of drug-likeness (QED) is 0.906. The first-order valence-electron chi connectivity index (χ1n) is 8.41. The van der Waals surface area contributed by atoms with Gasteiger partial charge in [-0.25, -0.2) is 9.37 Å². The molecule has 1 N–H and O–H groups in total. The van der Waals surface area contributed by atoms with E-state index in [1.807, 2.05) is 0 Å². The number of halogens is 1. The third-order valence-corrected chi connectivity index (χ3v) is 4.31. The third kappa shape index (κ3) is 4.33. The summed E-state index contributed by atoms with van der Waals surface area (Å²) in [4.78, 5) is 18.5. The number of pyridine rings is 1. The van der Waals surface area contributed by atoms with Crippen LogP contribution in [-0.2, 0) is 6.61 Å². The first-order valence-corrected chi connectivity index (χ1v) is 8.41. The molecular weight excluding hydrogens is 323 g/mol. The van der Waals surface area contributed by atoms with Gasteiger partial charge in [0.2, 0.25) is 0 Å². The number of benzene rings is 1. The summed E-state index contributed by atoms with van der Waals surface area (Å²) in [6, 6.07) is 11.4. The third-order valence-electron chi connectivity index (χ3n) is 4.31. The number of likely N-dealkylation sites (tertiary alicyclic amines) is 1. The van der Waals surface area contributed by atoms with Crippen molar-refractivity contribution in [1.29, 1.82) is 0 Å². The van der Waals surface area contributed by atoms with Crippen molar-refractivity contribution in [3.05, 3.63) is 59.7 Å². The summed E-state index contributed by atoms with van der Waals surface area (Å²) < 4.78 is 19.2. The van der Waals surface area contributed by atoms with E-state index in [1.54, 1.807) is 41.3 Å². The fourth-order valence-electron chi connectivity index (χ4n) is 3.00. The Kier molecular flexibility index (Phi) is 5.60. The van der Waals surface area contributed by atoms with Crippen LogP contribution >= 0.6 is 0 Å². The van der Waals surface area contributed by atoms with Gasteiger partial charge in [-0.05, 0) is 37.1 Å². The van der Waals surface area contributed by atoms with Crippen LogP contribution in [0.25, 0.3) is 0 Å². The fraction of sp³-hybridized carbons (Fsp3) is 0.368. The van der Waals surface area contributed by atoms with E-state index in [-0.39, 0.29) is 30.0 Å². The highest BCUT2D eigenvalue weighted by Crippen LogP contribution is 2.21. The summed E-state index contributed by atoms with van der Waals surface area (Å²) in [5.41, 5.74) is 0.810. The number of aliphatic hydroxyl groups excluding tert-OH is 1. The number of hydrogen-bond acceptors (Lipinski definition) is 4. The maximum Gasteiger partial charge on any atom is 0.272 e. The zero-order valence-corrected chi connectivity index (χ0v) is 13.9. The number of ether oxygens (including phenoxy) is 1. The molecule has 0 aliphatic carbocycles. The van der Waals surface area contributed by atoms with Gasteiger partial charge in [-0.1, -0.05) is 18.2 Å². The number of rotatable bonds is 5. The van der Waals surface area contributed by atoms with Crippen molar-refractivity contribution in [2.75, 3.05) is 19.7 Å². The first-order chi connectivity index (χ1) is 12.2. The Morgan fingerprint density at radius 3 is 2.92 bits per heavy atom. The summed E-state index contributed by atoms with van der Waals surface area (Å²) in [6.45, 7) is 1.40. The molecule has 1 aliphatic rings. The van der Waals surface area contributed by atoms with Crippen molar-refractivity contribution in [2.45, 2.75) is 19.4 Å². The number of carbonyl (C=O) groups is 1. The number of nitrogens with zero attached hydrogens (tertiary/aromatic N) is 2. The van der Waals surface area contributed by atoms with Crippen molar-refractivity contribution in [1.82, 2.24) is 9.88 Å². The molecule has 1 atom stereocenters. The number of amides is 1. The summed E-state index contributed by atoms with van der Waals surface area (Å²) in [5.74, 6) is -0.135. The topological polar surface area (TPSA) is 62.7 Å². The van der Waals surface area contributed by atoms with Gasteiger partial charge in [0.15, 0.2) is 11.6 Å². The normalized spacial score (nSPS) is 17.4. The van der Waals surface area contributed by atoms with Gasteiger partial charge in [-0.2, -0.15) is 0 Å². The number of aromatic nitrogens is 1. The van der Waals surface area contributed by atoms with Crippen LogP contribution in [0.1, 0.15) is 29.0 Å². The molecule has 132 valence electrons. The van der Waals surface area contributed by atoms with Crippen LogP contribution in [0.3, 0.4) is 0 Å². The lowest BCUT2D eigenvalue weighted by Crippen LogP contribution is -2.42. The Morgan fingerprint density at radius 1 is 1.28 bits per heavy atom. The monoisotopic (exact) mass is 344 g/mol. The standard InChI is InChI=1S/C19H21FN2O3/c20-16-7-1-2-9-18(16)25-13-14-5-4-10-22(11-14)19(24)17-8-3-6-15(12-23)21-17/h1-3,6-9,14,23H,4-5,10-13H2/t14-/m1/s1. The predicted molar refractivity (Wildman–Crippen MR) is 90.7 cm³/mol. The van der Waals surface area contributed by atoms with E-state index in [1.165, 1.54) is 6.07 Å². The van der Waals surface area contributed by atoms with Crippen molar-refractivity contribution >= 4 is 5.91 Å². The highest BCUT2D eigenvalue weighted by Gasteiger charge is 2.26. The zero-order chi connectivity index (χ0) is 17.6. The molecular formula is C19H21FN2O3. The van der Waals surface area contributed by atoms with Gasteiger partial charge in [0.25, 0.3) is 5.91 Å². The van der Waals surface area contributed by atoms with Crippen LogP contribution in [0.5, 0.6) is 5.75 Å². The lowest BCUT2D eigenvalue weighted by atomic mass is 9.98. The Labute approximate surface area is 146 Å². The van der Waals surface area contributed by atoms with Gasteiger partial charge in [-0.3, -0.25) is 4.79 Å². The van der Waals surface area contributed by atoms with E-state index in [4.69, 9.17) is 9.84 Å². The minimum Gasteiger partial charge on any atom is -0.490 e. The van der Waals surface area contributed by atoms with Crippen molar-refractivity contribution in [3.8, 4) is 5.75 Å². The number of piperidine rings is 1. The van der Waals surface area contributed by atoms with E-state index in [0.717, 1.165) is 12.8 Å². The molecule has 5 nitrogen and oxygen atoms in total. The summed E-state index contributed by atoms with van der Waals surface area (Å²) >= 11 is 0. The van der Waals surface area contributed by atoms with Crippen molar-refractivity contribution in [3.63, 3.8) is 0 Å². The van der Waals surface area contributed by atoms with Crippen molar-refractivity contribution < 1.29 is 19.0 Å². The van der Waals surface area contributed by atoms with Gasteiger partial charge >= 0.3 is 0 Å². The molecule has 6 heteroatoms. The molecule has 0 unspecified atom stereocenters. The molecule has 2 heterocycles. The summed E-state index contributed by atoms with van der Waals surface area (Å²) in [7, 11) is 0. The molecule has 1 aromatic heterocycles. The number of para-hydroxylation sites is 1. The molecule has 2 aromatic rings. The van der Waals surface area contributed by atoms with Gasteiger partial charge < -0.3 is 14.7 Å². The molecule has 0 saturated carbocycles. The zero-order valence-electron chi connectivity index (χ0n) is 13.9. The van der Waals surface area contributed by atoms with Crippen LogP contribution in [0.4, 0.5) is 4.39 Å². The molecule has 3 rings (SSSR count). The molecule has 25 heavy (non-hydrogen) atoms. The van der Waals surface area contributed by atoms with Gasteiger partial charge in [0.05, 0.1) is 18.9 Å². The Balaban J connectivity index is 1.60. The molecule has 1 amide bonds. The average Bonchev–Trinajstić information content (AvgIpc) is 2.67. The van der Waals surface area contributed by atoms with E-state index in [9.17, 15) is 9.18 Å². The van der Waals surface area contributed by atoms with Crippen molar-refractivity contribution in [2.24, 2.45) is 5.92 Å². The molecule has 1 fully saturated rings. The first kappa shape index (κ1) is 17.4. The van der Waals surface area contributed by atoms with Crippen LogP contribution in [0, 0.1) is 11.7 Å². The van der Waals surface area contributed by atoms with E-state index < -0.39 is 0 Å². The van der Waals surface area contributed by atoms with Gasteiger partial charge in [0.1, 0.15) is 5.69 Å². The maximum atomic E-state index is 13.6. The van der Waals surface area contributed by atoms with Crippen LogP contribution in [0.2, 0.25) is 0 Å². The Bertz CT molecular complexity index is 738. The number of carbonyl (C=O) groups excluding carboxylic acids is 1. The minimum atomic E-state index is -0.378. The molecule has 0 radical (unpaired) electrons. The molecule has 0 spiro atoms. The highest BCUT2D eigenvalue weighted by molar-refractivity contribution is 5.92. The average molecular weight is 344 g/mol. The Morgan fingerprint density at radius 2 is 2.12 bits per heavy atom. The summed E-state index contributed by atoms with van der Waals surface area (Å²) in [6.07, 6.45) is 1.80. The van der Waals surface area contributed by atoms with E-state index >= 15 is 0 Å². The minimum absolute atomic E-state index is 0.147. The number of aliphatic hydroxyl groups is 1. The lowest BCUT2D eigenvalue weighted by Gasteiger charge is -2.32. The molecule has 1 aliphatic heterocycles. The maximum absolute atomic E-state index is 13.6.